The molecule has 0 saturated carbocycles. The van der Waals surface area contributed by atoms with Gasteiger partial charge in [-0.3, -0.25) is 0 Å². The molecule has 2 aromatic heterocycles. The lowest BCUT2D eigenvalue weighted by molar-refractivity contribution is 0.174. The zero-order valence-electron chi connectivity index (χ0n) is 17.2. The summed E-state index contributed by atoms with van der Waals surface area (Å²) in [5.41, 5.74) is 4.75. The van der Waals surface area contributed by atoms with Crippen molar-refractivity contribution in [2.45, 2.75) is 32.7 Å². The van der Waals surface area contributed by atoms with Crippen LogP contribution in [-0.2, 0) is 12.0 Å². The summed E-state index contributed by atoms with van der Waals surface area (Å²) in [5.74, 6) is 2.43. The van der Waals surface area contributed by atoms with Gasteiger partial charge in [0.25, 0.3) is 0 Å². The number of thiophene rings is 1. The van der Waals surface area contributed by atoms with Crippen molar-refractivity contribution in [3.05, 3.63) is 66.0 Å². The van der Waals surface area contributed by atoms with Crippen LogP contribution in [0.2, 0.25) is 0 Å². The summed E-state index contributed by atoms with van der Waals surface area (Å²) in [6.45, 7) is 7.63. The molecule has 152 valence electrons. The van der Waals surface area contributed by atoms with E-state index in [0.29, 0.717) is 6.54 Å². The van der Waals surface area contributed by atoms with E-state index in [4.69, 9.17) is 9.47 Å². The molecule has 3 heterocycles. The topological polar surface area (TPSA) is 56.3 Å². The largest absolute Gasteiger partial charge is 0.454 e. The normalized spacial score (nSPS) is 13.0. The summed E-state index contributed by atoms with van der Waals surface area (Å²) < 4.78 is 11.9. The molecule has 4 aromatic rings. The Morgan fingerprint density at radius 2 is 1.77 bits per heavy atom. The third-order valence-electron chi connectivity index (χ3n) is 5.24. The Kier molecular flexibility index (Phi) is 4.59. The fourth-order valence-corrected chi connectivity index (χ4v) is 4.58. The van der Waals surface area contributed by atoms with Crippen molar-refractivity contribution >= 4 is 27.4 Å². The van der Waals surface area contributed by atoms with Crippen molar-refractivity contribution in [2.24, 2.45) is 0 Å². The monoisotopic (exact) mass is 417 g/mol. The van der Waals surface area contributed by atoms with Crippen LogP contribution in [0.15, 0.2) is 54.9 Å². The van der Waals surface area contributed by atoms with E-state index in [1.54, 1.807) is 17.7 Å². The van der Waals surface area contributed by atoms with Crippen LogP contribution in [0.1, 0.15) is 31.9 Å². The Morgan fingerprint density at radius 1 is 0.967 bits per heavy atom. The summed E-state index contributed by atoms with van der Waals surface area (Å²) in [4.78, 5) is 10.1. The van der Waals surface area contributed by atoms with Crippen molar-refractivity contribution in [1.82, 2.24) is 9.97 Å². The average molecular weight is 418 g/mol. The van der Waals surface area contributed by atoms with Crippen LogP contribution >= 0.6 is 11.3 Å². The molecule has 0 unspecified atom stereocenters. The Labute approximate surface area is 179 Å². The number of nitrogens with zero attached hydrogens (tertiary/aromatic N) is 2. The van der Waals surface area contributed by atoms with E-state index in [0.717, 1.165) is 33.1 Å². The third kappa shape index (κ3) is 3.59. The molecular formula is C24H23N3O2S. The molecule has 1 aliphatic rings. The van der Waals surface area contributed by atoms with Gasteiger partial charge in [0.1, 0.15) is 12.1 Å². The Hall–Kier alpha value is -3.12. The van der Waals surface area contributed by atoms with E-state index in [1.807, 2.05) is 18.2 Å². The number of rotatable bonds is 4. The van der Waals surface area contributed by atoms with E-state index in [1.165, 1.54) is 16.0 Å². The minimum Gasteiger partial charge on any atom is -0.454 e. The molecule has 6 heteroatoms. The SMILES string of the molecule is CC(C)(C)c1ccc(-c2cc3ncnc(NCc4ccc5c(c4)OCO5)c3s2)cc1. The van der Waals surface area contributed by atoms with E-state index >= 15 is 0 Å². The minimum absolute atomic E-state index is 0.149. The lowest BCUT2D eigenvalue weighted by Crippen LogP contribution is -2.10. The Bertz CT molecular complexity index is 1210. The highest BCUT2D eigenvalue weighted by molar-refractivity contribution is 7.22. The second-order valence-electron chi connectivity index (χ2n) is 8.42. The van der Waals surface area contributed by atoms with Crippen LogP contribution in [0.5, 0.6) is 11.5 Å². The van der Waals surface area contributed by atoms with Gasteiger partial charge in [-0.15, -0.1) is 11.3 Å². The predicted molar refractivity (Wildman–Crippen MR) is 121 cm³/mol. The van der Waals surface area contributed by atoms with Gasteiger partial charge < -0.3 is 14.8 Å². The highest BCUT2D eigenvalue weighted by Gasteiger charge is 2.16. The maximum atomic E-state index is 5.47. The fraction of sp³-hybridized carbons (Fsp3) is 0.250. The van der Waals surface area contributed by atoms with Crippen molar-refractivity contribution in [3.8, 4) is 21.9 Å². The molecule has 1 N–H and O–H groups in total. The Morgan fingerprint density at radius 3 is 2.57 bits per heavy atom. The van der Waals surface area contributed by atoms with Crippen molar-refractivity contribution in [2.75, 3.05) is 12.1 Å². The molecule has 0 fully saturated rings. The number of anilines is 1. The van der Waals surface area contributed by atoms with Gasteiger partial charge in [-0.1, -0.05) is 51.1 Å². The summed E-state index contributed by atoms with van der Waals surface area (Å²) in [7, 11) is 0. The fourth-order valence-electron chi connectivity index (χ4n) is 3.49. The number of hydrogen-bond acceptors (Lipinski definition) is 6. The van der Waals surface area contributed by atoms with E-state index < -0.39 is 0 Å². The summed E-state index contributed by atoms with van der Waals surface area (Å²) in [5, 5.41) is 3.45. The van der Waals surface area contributed by atoms with Crippen LogP contribution in [0.25, 0.3) is 20.7 Å². The van der Waals surface area contributed by atoms with Gasteiger partial charge >= 0.3 is 0 Å². The van der Waals surface area contributed by atoms with Gasteiger partial charge in [-0.25, -0.2) is 9.97 Å². The first kappa shape index (κ1) is 18.9. The molecule has 30 heavy (non-hydrogen) atoms. The molecule has 0 amide bonds. The first-order chi connectivity index (χ1) is 14.5. The average Bonchev–Trinajstić information content (AvgIpc) is 3.38. The highest BCUT2D eigenvalue weighted by Crippen LogP contribution is 2.37. The molecule has 1 aliphatic heterocycles. The van der Waals surface area contributed by atoms with E-state index in [2.05, 4.69) is 66.4 Å². The summed E-state index contributed by atoms with van der Waals surface area (Å²) in [6, 6.07) is 16.9. The summed E-state index contributed by atoms with van der Waals surface area (Å²) >= 11 is 1.71. The van der Waals surface area contributed by atoms with Gasteiger partial charge in [0.05, 0.1) is 10.2 Å². The van der Waals surface area contributed by atoms with Crippen molar-refractivity contribution < 1.29 is 9.47 Å². The lowest BCUT2D eigenvalue weighted by Gasteiger charge is -2.18. The molecule has 5 rings (SSSR count). The van der Waals surface area contributed by atoms with E-state index in [9.17, 15) is 0 Å². The number of ether oxygens (including phenoxy) is 2. The second kappa shape index (κ2) is 7.29. The lowest BCUT2D eigenvalue weighted by atomic mass is 9.86. The first-order valence-corrected chi connectivity index (χ1v) is 10.8. The van der Waals surface area contributed by atoms with Gasteiger partial charge in [-0.2, -0.15) is 0 Å². The van der Waals surface area contributed by atoms with Gasteiger partial charge in [0.2, 0.25) is 6.79 Å². The van der Waals surface area contributed by atoms with Crippen LogP contribution in [-0.4, -0.2) is 16.8 Å². The minimum atomic E-state index is 0.149. The third-order valence-corrected chi connectivity index (χ3v) is 6.42. The molecule has 0 atom stereocenters. The quantitative estimate of drug-likeness (QED) is 0.441. The number of aromatic nitrogens is 2. The first-order valence-electron chi connectivity index (χ1n) is 9.95. The standard InChI is InChI=1S/C24H23N3O2S/c1-24(2,3)17-7-5-16(6-8-17)21-11-18-22(30-21)23(27-13-26-18)25-12-15-4-9-19-20(10-15)29-14-28-19/h4-11,13H,12,14H2,1-3H3,(H,25,26,27). The highest BCUT2D eigenvalue weighted by atomic mass is 32.1. The van der Waals surface area contributed by atoms with Crippen LogP contribution in [0.4, 0.5) is 5.82 Å². The zero-order valence-corrected chi connectivity index (χ0v) is 18.0. The number of nitrogens with one attached hydrogen (secondary N) is 1. The van der Waals surface area contributed by atoms with Crippen molar-refractivity contribution in [1.29, 1.82) is 0 Å². The molecule has 0 saturated heterocycles. The smallest absolute Gasteiger partial charge is 0.231 e. The molecule has 2 aromatic carbocycles. The van der Waals surface area contributed by atoms with Crippen molar-refractivity contribution in [3.63, 3.8) is 0 Å². The second-order valence-corrected chi connectivity index (χ2v) is 9.47. The van der Waals surface area contributed by atoms with Gasteiger partial charge in [0, 0.05) is 11.4 Å². The van der Waals surface area contributed by atoms with Gasteiger partial charge in [-0.05, 0) is 40.3 Å². The molecule has 0 spiro atoms. The molecule has 0 aliphatic carbocycles. The maximum Gasteiger partial charge on any atom is 0.231 e. The van der Waals surface area contributed by atoms with Crippen LogP contribution in [0, 0.1) is 0 Å². The van der Waals surface area contributed by atoms with Gasteiger partial charge in [0.15, 0.2) is 11.5 Å². The number of benzene rings is 2. The van der Waals surface area contributed by atoms with Crippen LogP contribution < -0.4 is 14.8 Å². The number of hydrogen-bond donors (Lipinski definition) is 1. The zero-order chi connectivity index (χ0) is 20.7. The van der Waals surface area contributed by atoms with Crippen LogP contribution in [0.3, 0.4) is 0 Å². The Balaban J connectivity index is 1.40. The summed E-state index contributed by atoms with van der Waals surface area (Å²) in [6.07, 6.45) is 1.61. The molecule has 0 radical (unpaired) electrons. The predicted octanol–water partition coefficient (Wildman–Crippen LogP) is 6.00. The molecule has 0 bridgehead atoms. The maximum absolute atomic E-state index is 5.47. The molecule has 5 nitrogen and oxygen atoms in total. The molecular weight excluding hydrogens is 394 g/mol. The van der Waals surface area contributed by atoms with E-state index in [-0.39, 0.29) is 12.2 Å². The number of fused-ring (bicyclic) bond motifs is 2.